The van der Waals surface area contributed by atoms with Crippen LogP contribution >= 0.6 is 0 Å². The molecule has 1 aliphatic rings. The van der Waals surface area contributed by atoms with Gasteiger partial charge in [-0.05, 0) is 42.9 Å². The Hall–Kier alpha value is -2.63. The summed E-state index contributed by atoms with van der Waals surface area (Å²) >= 11 is 0. The molecule has 1 amide bonds. The average molecular weight is 341 g/mol. The van der Waals surface area contributed by atoms with Gasteiger partial charge in [0, 0.05) is 24.9 Å². The van der Waals surface area contributed by atoms with E-state index < -0.39 is 5.97 Å². The fourth-order valence-corrected chi connectivity index (χ4v) is 3.28. The molecule has 25 heavy (non-hydrogen) atoms. The molecule has 2 aromatic rings. The molecule has 1 fully saturated rings. The molecule has 0 aliphatic heterocycles. The lowest BCUT2D eigenvalue weighted by atomic mass is 9.81. The van der Waals surface area contributed by atoms with E-state index in [4.69, 9.17) is 5.11 Å². The molecule has 0 unspecified atom stereocenters. The first-order valence-corrected chi connectivity index (χ1v) is 8.67. The minimum atomic E-state index is -0.742. The first kappa shape index (κ1) is 17.2. The highest BCUT2D eigenvalue weighted by atomic mass is 16.4. The van der Waals surface area contributed by atoms with E-state index in [9.17, 15) is 9.59 Å². The number of carbonyl (C=O) groups excluding carboxylic acids is 1. The van der Waals surface area contributed by atoms with Gasteiger partial charge in [0.05, 0.1) is 12.5 Å². The monoisotopic (exact) mass is 341 g/mol. The first-order valence-electron chi connectivity index (χ1n) is 8.67. The Morgan fingerprint density at radius 1 is 1.08 bits per heavy atom. The standard InChI is InChI=1S/C19H23N3O3/c23-18(16-6-8-17(9-7-16)19(24)25)20-12-14-2-4-15(5-3-14)13-22-11-1-10-21-22/h1-5,10-11,16-17H,6-9,12-13H2,(H,20,23)(H,24,25). The summed E-state index contributed by atoms with van der Waals surface area (Å²) in [4.78, 5) is 23.2. The molecule has 0 bridgehead atoms. The van der Waals surface area contributed by atoms with Crippen LogP contribution in [-0.2, 0) is 22.7 Å². The molecule has 1 aliphatic carbocycles. The van der Waals surface area contributed by atoms with Crippen molar-refractivity contribution in [2.24, 2.45) is 11.8 Å². The quantitative estimate of drug-likeness (QED) is 0.845. The van der Waals surface area contributed by atoms with Crippen LogP contribution in [0.2, 0.25) is 0 Å². The minimum absolute atomic E-state index is 0.0319. The van der Waals surface area contributed by atoms with Crippen LogP contribution in [0.25, 0.3) is 0 Å². The Morgan fingerprint density at radius 2 is 1.72 bits per heavy atom. The van der Waals surface area contributed by atoms with Crippen LogP contribution in [0.5, 0.6) is 0 Å². The number of benzene rings is 1. The van der Waals surface area contributed by atoms with Crippen molar-refractivity contribution in [2.45, 2.75) is 38.8 Å². The largest absolute Gasteiger partial charge is 0.481 e. The second kappa shape index (κ2) is 7.96. The topological polar surface area (TPSA) is 84.2 Å². The van der Waals surface area contributed by atoms with Gasteiger partial charge in [0.25, 0.3) is 0 Å². The summed E-state index contributed by atoms with van der Waals surface area (Å²) in [5.74, 6) is -1.06. The number of aromatic nitrogens is 2. The summed E-state index contributed by atoms with van der Waals surface area (Å²) in [6.45, 7) is 1.23. The maximum Gasteiger partial charge on any atom is 0.306 e. The van der Waals surface area contributed by atoms with E-state index in [0.29, 0.717) is 32.2 Å². The molecule has 0 saturated heterocycles. The molecule has 0 spiro atoms. The molecule has 1 heterocycles. The lowest BCUT2D eigenvalue weighted by Crippen LogP contribution is -2.34. The van der Waals surface area contributed by atoms with Gasteiger partial charge >= 0.3 is 5.97 Å². The maximum absolute atomic E-state index is 12.3. The summed E-state index contributed by atoms with van der Waals surface area (Å²) in [6, 6.07) is 10.0. The van der Waals surface area contributed by atoms with Crippen molar-refractivity contribution >= 4 is 11.9 Å². The zero-order valence-corrected chi connectivity index (χ0v) is 14.1. The number of carboxylic acid groups (broad SMARTS) is 1. The summed E-state index contributed by atoms with van der Waals surface area (Å²) in [6.07, 6.45) is 6.18. The maximum atomic E-state index is 12.3. The number of rotatable bonds is 6. The SMILES string of the molecule is O=C(O)C1CCC(C(=O)NCc2ccc(Cn3cccn3)cc2)CC1. The van der Waals surface area contributed by atoms with Crippen molar-refractivity contribution in [2.75, 3.05) is 0 Å². The predicted molar refractivity (Wildman–Crippen MR) is 92.7 cm³/mol. The molecular weight excluding hydrogens is 318 g/mol. The van der Waals surface area contributed by atoms with Crippen LogP contribution in [0.1, 0.15) is 36.8 Å². The van der Waals surface area contributed by atoms with Crippen molar-refractivity contribution in [3.05, 3.63) is 53.9 Å². The third-order valence-electron chi connectivity index (χ3n) is 4.84. The van der Waals surface area contributed by atoms with E-state index in [1.54, 1.807) is 6.20 Å². The summed E-state index contributed by atoms with van der Waals surface area (Å²) in [7, 11) is 0. The predicted octanol–water partition coefficient (Wildman–Crippen LogP) is 2.44. The summed E-state index contributed by atoms with van der Waals surface area (Å²) in [5, 5.41) is 16.2. The van der Waals surface area contributed by atoms with Crippen LogP contribution in [0, 0.1) is 11.8 Å². The molecule has 0 atom stereocenters. The fraction of sp³-hybridized carbons (Fsp3) is 0.421. The van der Waals surface area contributed by atoms with Gasteiger partial charge in [-0.25, -0.2) is 0 Å². The van der Waals surface area contributed by atoms with Gasteiger partial charge in [-0.1, -0.05) is 24.3 Å². The molecule has 132 valence electrons. The van der Waals surface area contributed by atoms with Gasteiger partial charge in [0.15, 0.2) is 0 Å². The molecule has 3 rings (SSSR count). The number of amides is 1. The van der Waals surface area contributed by atoms with Gasteiger partial charge in [0.1, 0.15) is 0 Å². The number of carbonyl (C=O) groups is 2. The summed E-state index contributed by atoms with van der Waals surface area (Å²) in [5.41, 5.74) is 2.21. The van der Waals surface area contributed by atoms with Crippen molar-refractivity contribution in [1.82, 2.24) is 15.1 Å². The highest BCUT2D eigenvalue weighted by molar-refractivity contribution is 5.79. The third kappa shape index (κ3) is 4.68. The first-order chi connectivity index (χ1) is 12.1. The Kier molecular flexibility index (Phi) is 5.48. The Labute approximate surface area is 146 Å². The lowest BCUT2D eigenvalue weighted by molar-refractivity contribution is -0.144. The molecule has 6 heteroatoms. The van der Waals surface area contributed by atoms with Gasteiger partial charge < -0.3 is 10.4 Å². The third-order valence-corrected chi connectivity index (χ3v) is 4.84. The number of hydrogen-bond donors (Lipinski definition) is 2. The van der Waals surface area contributed by atoms with E-state index in [-0.39, 0.29) is 17.7 Å². The highest BCUT2D eigenvalue weighted by Crippen LogP contribution is 2.29. The smallest absolute Gasteiger partial charge is 0.306 e. The van der Waals surface area contributed by atoms with Gasteiger partial charge in [-0.2, -0.15) is 5.10 Å². The number of nitrogens with one attached hydrogen (secondary N) is 1. The Balaban J connectivity index is 1.45. The van der Waals surface area contributed by atoms with Crippen LogP contribution in [0.15, 0.2) is 42.7 Å². The van der Waals surface area contributed by atoms with Crippen LogP contribution in [0.3, 0.4) is 0 Å². The van der Waals surface area contributed by atoms with Crippen molar-refractivity contribution in [3.8, 4) is 0 Å². The fourth-order valence-electron chi connectivity index (χ4n) is 3.28. The van der Waals surface area contributed by atoms with Crippen LogP contribution in [-0.4, -0.2) is 26.8 Å². The Bertz CT molecular complexity index is 702. The average Bonchev–Trinajstić information content (AvgIpc) is 3.14. The number of nitrogens with zero attached hydrogens (tertiary/aromatic N) is 2. The van der Waals surface area contributed by atoms with E-state index in [2.05, 4.69) is 10.4 Å². The van der Waals surface area contributed by atoms with E-state index in [1.807, 2.05) is 41.2 Å². The zero-order chi connectivity index (χ0) is 17.6. The van der Waals surface area contributed by atoms with E-state index in [0.717, 1.165) is 17.7 Å². The Morgan fingerprint density at radius 3 is 2.32 bits per heavy atom. The normalized spacial score (nSPS) is 20.2. The minimum Gasteiger partial charge on any atom is -0.481 e. The molecule has 0 radical (unpaired) electrons. The van der Waals surface area contributed by atoms with Gasteiger partial charge in [0.2, 0.25) is 5.91 Å². The molecule has 1 aromatic carbocycles. The van der Waals surface area contributed by atoms with E-state index >= 15 is 0 Å². The molecule has 1 saturated carbocycles. The van der Waals surface area contributed by atoms with Crippen molar-refractivity contribution < 1.29 is 14.7 Å². The van der Waals surface area contributed by atoms with E-state index in [1.165, 1.54) is 0 Å². The van der Waals surface area contributed by atoms with Gasteiger partial charge in [-0.3, -0.25) is 14.3 Å². The summed E-state index contributed by atoms with van der Waals surface area (Å²) < 4.78 is 1.87. The van der Waals surface area contributed by atoms with Crippen LogP contribution in [0.4, 0.5) is 0 Å². The van der Waals surface area contributed by atoms with Crippen LogP contribution < -0.4 is 5.32 Å². The zero-order valence-electron chi connectivity index (χ0n) is 14.1. The molecule has 2 N–H and O–H groups in total. The van der Waals surface area contributed by atoms with Gasteiger partial charge in [-0.15, -0.1) is 0 Å². The molecular formula is C19H23N3O3. The second-order valence-corrected chi connectivity index (χ2v) is 6.62. The number of aliphatic carboxylic acids is 1. The highest BCUT2D eigenvalue weighted by Gasteiger charge is 2.29. The number of carboxylic acids is 1. The molecule has 1 aromatic heterocycles. The van der Waals surface area contributed by atoms with Crippen molar-refractivity contribution in [3.63, 3.8) is 0 Å². The lowest BCUT2D eigenvalue weighted by Gasteiger charge is -2.25. The second-order valence-electron chi connectivity index (χ2n) is 6.62. The molecule has 6 nitrogen and oxygen atoms in total. The van der Waals surface area contributed by atoms with Crippen molar-refractivity contribution in [1.29, 1.82) is 0 Å². The number of hydrogen-bond acceptors (Lipinski definition) is 3.